The largest absolute Gasteiger partial charge is 0.510 e. The van der Waals surface area contributed by atoms with Crippen molar-refractivity contribution in [2.45, 2.75) is 101 Å². The highest BCUT2D eigenvalue weighted by molar-refractivity contribution is 8.13. The van der Waals surface area contributed by atoms with Gasteiger partial charge in [-0.2, -0.15) is 14.0 Å². The van der Waals surface area contributed by atoms with E-state index in [1.165, 1.54) is 24.4 Å². The van der Waals surface area contributed by atoms with Gasteiger partial charge in [-0.25, -0.2) is 4.79 Å². The van der Waals surface area contributed by atoms with Crippen molar-refractivity contribution in [1.29, 1.82) is 5.26 Å². The van der Waals surface area contributed by atoms with Gasteiger partial charge in [0.2, 0.25) is 24.2 Å². The molecular weight excluding hydrogens is 924 g/mol. The van der Waals surface area contributed by atoms with Gasteiger partial charge in [0.05, 0.1) is 36.7 Å². The third-order valence-electron chi connectivity index (χ3n) is 12.1. The van der Waals surface area contributed by atoms with E-state index in [-0.39, 0.29) is 76.6 Å². The highest BCUT2D eigenvalue weighted by Gasteiger charge is 2.56. The lowest BCUT2D eigenvalue weighted by Gasteiger charge is -2.36. The summed E-state index contributed by atoms with van der Waals surface area (Å²) in [5.74, 6) is -2.29. The van der Waals surface area contributed by atoms with Crippen molar-refractivity contribution < 1.29 is 60.6 Å². The van der Waals surface area contributed by atoms with Crippen LogP contribution in [0, 0.1) is 23.2 Å². The molecule has 4 aliphatic rings. The van der Waals surface area contributed by atoms with Gasteiger partial charge in [0.25, 0.3) is 5.91 Å². The number of alkyl halides is 2. The lowest BCUT2D eigenvalue weighted by molar-refractivity contribution is -0.146. The minimum atomic E-state index is -5.49. The molecule has 7 rings (SSSR count). The number of aromatic amines is 1. The molecule has 0 saturated carbocycles. The molecule has 6 heterocycles. The number of hydrogen-bond acceptors (Lipinski definition) is 15. The van der Waals surface area contributed by atoms with Crippen LogP contribution >= 0.6 is 30.7 Å². The predicted molar refractivity (Wildman–Crippen MR) is 238 cm³/mol. The monoisotopic (exact) mass is 975 g/mol. The maximum atomic E-state index is 16.4. The molecule has 2 aromatic heterocycles. The van der Waals surface area contributed by atoms with Gasteiger partial charge in [-0.3, -0.25) is 33.1 Å². The van der Waals surface area contributed by atoms with Gasteiger partial charge < -0.3 is 38.8 Å². The van der Waals surface area contributed by atoms with E-state index in [2.05, 4.69) is 16.4 Å². The van der Waals surface area contributed by atoms with Crippen LogP contribution in [0.5, 0.6) is 0 Å². The van der Waals surface area contributed by atoms with Gasteiger partial charge in [-0.05, 0) is 66.8 Å². The fraction of sp³-hybridized carbons (Fsp3) is 0.568. The summed E-state index contributed by atoms with van der Waals surface area (Å²) in [6.07, 6.45) is 3.69. The van der Waals surface area contributed by atoms with Crippen LogP contribution in [0.2, 0.25) is 0 Å². The molecule has 4 aliphatic heterocycles. The van der Waals surface area contributed by atoms with Gasteiger partial charge in [-0.15, -0.1) is 11.3 Å². The third-order valence-corrected chi connectivity index (χ3v) is 16.0. The van der Waals surface area contributed by atoms with Gasteiger partial charge in [0.15, 0.2) is 5.12 Å². The predicted octanol–water partition coefficient (Wildman–Crippen LogP) is 6.87. The molecule has 66 heavy (non-hydrogen) atoms. The zero-order valence-corrected chi connectivity index (χ0v) is 39.0. The van der Waals surface area contributed by atoms with E-state index in [1.54, 1.807) is 15.9 Å². The summed E-state index contributed by atoms with van der Waals surface area (Å²) in [5, 5.41) is 12.8. The van der Waals surface area contributed by atoms with E-state index < -0.39 is 74.3 Å². The number of rotatable bonds is 16. The zero-order valence-electron chi connectivity index (χ0n) is 36.4. The summed E-state index contributed by atoms with van der Waals surface area (Å²) in [7, 11) is -5.49. The Balaban J connectivity index is 1.04. The van der Waals surface area contributed by atoms with Gasteiger partial charge in [-0.1, -0.05) is 44.5 Å². The van der Waals surface area contributed by atoms with E-state index in [1.807, 2.05) is 13.8 Å². The molecule has 4 fully saturated rings. The number of thioether (sulfide) groups is 1. The van der Waals surface area contributed by atoms with Crippen molar-refractivity contribution in [1.82, 2.24) is 20.1 Å². The summed E-state index contributed by atoms with van der Waals surface area (Å²) < 4.78 is 72.5. The number of pyridine rings is 1. The van der Waals surface area contributed by atoms with Gasteiger partial charge >= 0.3 is 19.4 Å². The molecule has 2 unspecified atom stereocenters. The number of halogens is 2. The number of carbonyl (C=O) groups is 5. The van der Waals surface area contributed by atoms with Crippen LogP contribution in [0.3, 0.4) is 0 Å². The van der Waals surface area contributed by atoms with Crippen LogP contribution in [0.4, 0.5) is 13.6 Å². The van der Waals surface area contributed by atoms with Crippen molar-refractivity contribution >= 4 is 69.8 Å². The number of nitrogens with zero attached hydrogens (tertiary/aromatic N) is 3. The number of H-pyrrole nitrogens is 1. The first kappa shape index (κ1) is 49.2. The number of likely N-dealkylation sites (tertiary alicyclic amines) is 1. The first-order valence-corrected chi connectivity index (χ1v) is 25.3. The number of amides is 3. The van der Waals surface area contributed by atoms with Crippen molar-refractivity contribution in [2.75, 3.05) is 45.5 Å². The molecule has 3 amide bonds. The van der Waals surface area contributed by atoms with Crippen LogP contribution in [-0.4, -0.2) is 113 Å². The molecule has 0 radical (unpaired) electrons. The van der Waals surface area contributed by atoms with E-state index in [0.29, 0.717) is 55.4 Å². The number of carbonyl (C=O) groups excluding carboxylic acids is 5. The minimum absolute atomic E-state index is 0.0642. The normalized spacial score (nSPS) is 24.3. The molecular formula is C44H52F2N5O12PS2. The zero-order chi connectivity index (χ0) is 47.2. The standard InChI is InChI=1S/C44H52F2N5O12PS2/c1-26(2)17-39(53)65-16-15-61-64(58,62-25-60-43(57)63-32-12-14-59-24-32)44(45,46)30-7-10-36-28(18-30)19-37(66-36)40(54)49-34-6-4-3-5-31-8-9-35(51(31)41(34)55)42(56)50-22-29(21-47)33(23-50)27-11-13-48-38(52)20-27/h7,10-11,13,18-20,26,29,31-35H,3-6,8-9,12,14-17,22-25H2,1-2H3,(H,48,52)(H,49,54)/t29-,31+,32-,33+,34?,35+,64?/m1/s1. The van der Waals surface area contributed by atoms with Crippen LogP contribution in [0.1, 0.15) is 91.9 Å². The molecule has 1 aromatic carbocycles. The van der Waals surface area contributed by atoms with Crippen LogP contribution in [-0.2, 0) is 47.9 Å². The number of aromatic nitrogens is 1. The average molecular weight is 976 g/mol. The number of benzene rings is 1. The number of fused-ring (bicyclic) bond motifs is 2. The second kappa shape index (κ2) is 21.5. The number of nitrogens with one attached hydrogen (secondary N) is 2. The molecule has 0 bridgehead atoms. The number of thiophene rings is 1. The molecule has 356 valence electrons. The highest BCUT2D eigenvalue weighted by atomic mass is 32.2. The van der Waals surface area contributed by atoms with E-state index in [4.69, 9.17) is 23.3 Å². The Bertz CT molecular complexity index is 2440. The molecule has 0 spiro atoms. The van der Waals surface area contributed by atoms with E-state index >= 15 is 8.78 Å². The fourth-order valence-corrected chi connectivity index (χ4v) is 12.1. The van der Waals surface area contributed by atoms with E-state index in [9.17, 15) is 38.6 Å². The Hall–Kier alpha value is -4.71. The summed E-state index contributed by atoms with van der Waals surface area (Å²) in [6, 6.07) is 8.15. The molecule has 22 heteroatoms. The summed E-state index contributed by atoms with van der Waals surface area (Å²) in [6.45, 7) is 2.78. The summed E-state index contributed by atoms with van der Waals surface area (Å²) >= 11 is 1.82. The molecule has 7 atom stereocenters. The quantitative estimate of drug-likeness (QED) is 0.0647. The highest BCUT2D eigenvalue weighted by Crippen LogP contribution is 2.67. The number of hydrogen-bond donors (Lipinski definition) is 2. The van der Waals surface area contributed by atoms with Crippen molar-refractivity contribution in [3.05, 3.63) is 69.0 Å². The molecule has 2 N–H and O–H groups in total. The third kappa shape index (κ3) is 11.3. The van der Waals surface area contributed by atoms with Crippen LogP contribution in [0.15, 0.2) is 47.4 Å². The Morgan fingerprint density at radius 1 is 1.06 bits per heavy atom. The smallest absolute Gasteiger partial charge is 0.428 e. The van der Waals surface area contributed by atoms with Gasteiger partial charge in [0.1, 0.15) is 18.2 Å². The molecule has 17 nitrogen and oxygen atoms in total. The topological polar surface area (TPSA) is 224 Å². The summed E-state index contributed by atoms with van der Waals surface area (Å²) in [5.41, 5.74) is -4.77. The van der Waals surface area contributed by atoms with Crippen molar-refractivity contribution in [3.63, 3.8) is 0 Å². The lowest BCUT2D eigenvalue weighted by atomic mass is 9.91. The second-order valence-electron chi connectivity index (χ2n) is 17.2. The fourth-order valence-electron chi connectivity index (χ4n) is 8.82. The Labute approximate surface area is 387 Å². The Kier molecular flexibility index (Phi) is 16.0. The maximum Gasteiger partial charge on any atom is 0.510 e. The number of nitriles is 1. The molecule has 0 aliphatic carbocycles. The average Bonchev–Trinajstić information content (AvgIpc) is 4.11. The Morgan fingerprint density at radius 2 is 1.86 bits per heavy atom. The van der Waals surface area contributed by atoms with Crippen LogP contribution in [0.25, 0.3) is 10.1 Å². The summed E-state index contributed by atoms with van der Waals surface area (Å²) in [4.78, 5) is 84.7. The second-order valence-corrected chi connectivity index (χ2v) is 21.5. The maximum absolute atomic E-state index is 16.4. The Morgan fingerprint density at radius 3 is 2.61 bits per heavy atom. The molecule has 3 aromatic rings. The SMILES string of the molecule is CC(C)CC(=O)SCCOP(=O)(OCOC(=O)O[C@@H]1CCOC1)C(F)(F)c1ccc2sc(C(=O)NC3CCCC[C@H]4CC[C@@H](C(=O)N5C[C@@H](C#N)[C@H](c6cc[nH]c(=O)c6)C5)N4C3=O)cc2c1. The lowest BCUT2D eigenvalue weighted by Crippen LogP contribution is -2.56. The van der Waals surface area contributed by atoms with Crippen LogP contribution < -0.4 is 10.9 Å². The van der Waals surface area contributed by atoms with Crippen molar-refractivity contribution in [3.8, 4) is 6.07 Å². The first-order valence-electron chi connectivity index (χ1n) is 21.9. The number of ether oxygens (including phenoxy) is 3. The first-order chi connectivity index (χ1) is 31.6. The van der Waals surface area contributed by atoms with Gasteiger partial charge in [0, 0.05) is 66.2 Å². The van der Waals surface area contributed by atoms with Crippen molar-refractivity contribution in [2.24, 2.45) is 11.8 Å². The van der Waals surface area contributed by atoms with E-state index in [0.717, 1.165) is 41.7 Å². The molecule has 4 saturated heterocycles. The minimum Gasteiger partial charge on any atom is -0.428 e.